The Morgan fingerprint density at radius 1 is 0.951 bits per heavy atom. The normalized spacial score (nSPS) is 12.5. The Kier molecular flexibility index (Phi) is 7.36. The molecule has 0 spiro atoms. The minimum Gasteiger partial charge on any atom is -0.456 e. The SMILES string of the molecule is CCc1cc(NC(=O)N2CCc3nc(-c4cccnc4)nc(-c4ccccc4C)c3C2)cc(Oc2cccnc2)c1. The molecule has 41 heavy (non-hydrogen) atoms. The summed E-state index contributed by atoms with van der Waals surface area (Å²) >= 11 is 0. The van der Waals surface area contributed by atoms with Gasteiger partial charge in [0.05, 0.1) is 24.1 Å². The topological polar surface area (TPSA) is 93.1 Å². The summed E-state index contributed by atoms with van der Waals surface area (Å²) in [5.41, 5.74) is 7.54. The third kappa shape index (κ3) is 5.77. The van der Waals surface area contributed by atoms with Crippen molar-refractivity contribution in [3.63, 3.8) is 0 Å². The second-order valence-corrected chi connectivity index (χ2v) is 9.99. The molecule has 0 bridgehead atoms. The number of carbonyl (C=O) groups is 1. The van der Waals surface area contributed by atoms with Gasteiger partial charge in [-0.05, 0) is 60.9 Å². The van der Waals surface area contributed by atoms with Crippen LogP contribution in [0.1, 0.15) is 29.3 Å². The molecule has 0 unspecified atom stereocenters. The lowest BCUT2D eigenvalue weighted by molar-refractivity contribution is 0.206. The van der Waals surface area contributed by atoms with Gasteiger partial charge in [-0.3, -0.25) is 9.97 Å². The molecule has 204 valence electrons. The lowest BCUT2D eigenvalue weighted by atomic mass is 9.96. The molecule has 4 heterocycles. The van der Waals surface area contributed by atoms with Crippen LogP contribution in [0.3, 0.4) is 0 Å². The highest BCUT2D eigenvalue weighted by molar-refractivity contribution is 5.90. The molecule has 5 aromatic rings. The van der Waals surface area contributed by atoms with Crippen LogP contribution >= 0.6 is 0 Å². The summed E-state index contributed by atoms with van der Waals surface area (Å²) in [7, 11) is 0. The summed E-state index contributed by atoms with van der Waals surface area (Å²) < 4.78 is 6.01. The van der Waals surface area contributed by atoms with Gasteiger partial charge in [0.2, 0.25) is 0 Å². The molecule has 0 atom stereocenters. The Balaban J connectivity index is 1.29. The van der Waals surface area contributed by atoms with Crippen LogP contribution in [-0.2, 0) is 19.4 Å². The molecule has 2 amide bonds. The molecule has 0 saturated carbocycles. The molecule has 1 aliphatic rings. The maximum atomic E-state index is 13.6. The second-order valence-electron chi connectivity index (χ2n) is 9.99. The van der Waals surface area contributed by atoms with Crippen LogP contribution in [0, 0.1) is 6.92 Å². The van der Waals surface area contributed by atoms with E-state index in [4.69, 9.17) is 14.7 Å². The van der Waals surface area contributed by atoms with E-state index >= 15 is 0 Å². The van der Waals surface area contributed by atoms with Crippen molar-refractivity contribution in [3.8, 4) is 34.1 Å². The fourth-order valence-electron chi connectivity index (χ4n) is 5.01. The Hall–Kier alpha value is -5.11. The first-order valence-corrected chi connectivity index (χ1v) is 13.7. The third-order valence-corrected chi connectivity index (χ3v) is 7.16. The molecule has 1 aliphatic heterocycles. The fourth-order valence-corrected chi connectivity index (χ4v) is 5.01. The molecule has 8 heteroatoms. The summed E-state index contributed by atoms with van der Waals surface area (Å²) in [5.74, 6) is 1.93. The van der Waals surface area contributed by atoms with Gasteiger partial charge >= 0.3 is 6.03 Å². The number of anilines is 1. The molecule has 0 saturated heterocycles. The van der Waals surface area contributed by atoms with E-state index in [1.807, 2.05) is 59.5 Å². The molecular formula is C33H30N6O2. The number of nitrogens with one attached hydrogen (secondary N) is 1. The quantitative estimate of drug-likeness (QED) is 0.252. The van der Waals surface area contributed by atoms with Crippen LogP contribution in [-0.4, -0.2) is 37.4 Å². The molecule has 6 rings (SSSR count). The average Bonchev–Trinajstić information content (AvgIpc) is 3.01. The molecule has 2 aromatic carbocycles. The van der Waals surface area contributed by atoms with Gasteiger partial charge in [-0.25, -0.2) is 14.8 Å². The third-order valence-electron chi connectivity index (χ3n) is 7.16. The van der Waals surface area contributed by atoms with Crippen molar-refractivity contribution in [2.24, 2.45) is 0 Å². The molecule has 3 aromatic heterocycles. The second kappa shape index (κ2) is 11.6. The van der Waals surface area contributed by atoms with Gasteiger partial charge in [-0.15, -0.1) is 0 Å². The first-order valence-electron chi connectivity index (χ1n) is 13.7. The number of pyridine rings is 2. The van der Waals surface area contributed by atoms with E-state index in [1.165, 1.54) is 0 Å². The first kappa shape index (κ1) is 26.1. The molecule has 0 aliphatic carbocycles. The Bertz CT molecular complexity index is 1690. The van der Waals surface area contributed by atoms with Crippen LogP contribution in [0.25, 0.3) is 22.6 Å². The number of rotatable bonds is 6. The summed E-state index contributed by atoms with van der Waals surface area (Å²) in [6.07, 6.45) is 8.32. The zero-order valence-corrected chi connectivity index (χ0v) is 23.0. The number of urea groups is 1. The minimum absolute atomic E-state index is 0.177. The summed E-state index contributed by atoms with van der Waals surface area (Å²) in [4.78, 5) is 33.7. The highest BCUT2D eigenvalue weighted by Crippen LogP contribution is 2.33. The zero-order chi connectivity index (χ0) is 28.2. The Labute approximate surface area is 239 Å². The largest absolute Gasteiger partial charge is 0.456 e. The van der Waals surface area contributed by atoms with Crippen LogP contribution in [0.4, 0.5) is 10.5 Å². The lowest BCUT2D eigenvalue weighted by Gasteiger charge is -2.30. The summed E-state index contributed by atoms with van der Waals surface area (Å²) in [6, 6.07) is 21.3. The molecular weight excluding hydrogens is 512 g/mol. The van der Waals surface area contributed by atoms with Crippen molar-refractivity contribution < 1.29 is 9.53 Å². The van der Waals surface area contributed by atoms with Crippen LogP contribution in [0.2, 0.25) is 0 Å². The monoisotopic (exact) mass is 542 g/mol. The number of aryl methyl sites for hydroxylation is 2. The zero-order valence-electron chi connectivity index (χ0n) is 23.0. The lowest BCUT2D eigenvalue weighted by Crippen LogP contribution is -2.39. The van der Waals surface area contributed by atoms with Gasteiger partial charge < -0.3 is 15.0 Å². The number of amides is 2. The van der Waals surface area contributed by atoms with E-state index in [9.17, 15) is 4.79 Å². The van der Waals surface area contributed by atoms with Crippen LogP contribution < -0.4 is 10.1 Å². The summed E-state index contributed by atoms with van der Waals surface area (Å²) in [6.45, 7) is 5.10. The molecule has 0 fully saturated rings. The average molecular weight is 543 g/mol. The van der Waals surface area contributed by atoms with Gasteiger partial charge in [0, 0.05) is 60.0 Å². The Morgan fingerprint density at radius 2 is 1.78 bits per heavy atom. The van der Waals surface area contributed by atoms with Gasteiger partial charge in [-0.1, -0.05) is 31.2 Å². The molecule has 1 N–H and O–H groups in total. The van der Waals surface area contributed by atoms with E-state index in [1.54, 1.807) is 24.8 Å². The smallest absolute Gasteiger partial charge is 0.322 e. The van der Waals surface area contributed by atoms with Gasteiger partial charge in [0.1, 0.15) is 11.5 Å². The van der Waals surface area contributed by atoms with Gasteiger partial charge in [0.25, 0.3) is 0 Å². The maximum absolute atomic E-state index is 13.6. The number of nitrogens with zero attached hydrogens (tertiary/aromatic N) is 5. The van der Waals surface area contributed by atoms with E-state index < -0.39 is 0 Å². The van der Waals surface area contributed by atoms with Crippen molar-refractivity contribution >= 4 is 11.7 Å². The van der Waals surface area contributed by atoms with Crippen LogP contribution in [0.5, 0.6) is 11.5 Å². The fraction of sp³-hybridized carbons (Fsp3) is 0.182. The van der Waals surface area contributed by atoms with E-state index in [0.717, 1.165) is 45.6 Å². The highest BCUT2D eigenvalue weighted by Gasteiger charge is 2.27. The van der Waals surface area contributed by atoms with E-state index in [-0.39, 0.29) is 6.03 Å². The number of ether oxygens (including phenoxy) is 1. The van der Waals surface area contributed by atoms with E-state index in [0.29, 0.717) is 42.5 Å². The first-order chi connectivity index (χ1) is 20.1. The number of hydrogen-bond donors (Lipinski definition) is 1. The van der Waals surface area contributed by atoms with Crippen molar-refractivity contribution in [1.82, 2.24) is 24.8 Å². The number of aromatic nitrogens is 4. The number of carbonyl (C=O) groups excluding carboxylic acids is 1. The van der Waals surface area contributed by atoms with Gasteiger partial charge in [0.15, 0.2) is 5.82 Å². The minimum atomic E-state index is -0.177. The van der Waals surface area contributed by atoms with Crippen molar-refractivity contribution in [1.29, 1.82) is 0 Å². The predicted molar refractivity (Wildman–Crippen MR) is 159 cm³/mol. The highest BCUT2D eigenvalue weighted by atomic mass is 16.5. The predicted octanol–water partition coefficient (Wildman–Crippen LogP) is 6.85. The number of hydrogen-bond acceptors (Lipinski definition) is 6. The molecule has 8 nitrogen and oxygen atoms in total. The van der Waals surface area contributed by atoms with Crippen molar-refractivity contribution in [2.75, 3.05) is 11.9 Å². The van der Waals surface area contributed by atoms with E-state index in [2.05, 4.69) is 41.3 Å². The Morgan fingerprint density at radius 3 is 2.54 bits per heavy atom. The molecule has 0 radical (unpaired) electrons. The summed E-state index contributed by atoms with van der Waals surface area (Å²) in [5, 5.41) is 3.09. The maximum Gasteiger partial charge on any atom is 0.322 e. The number of fused-ring (bicyclic) bond motifs is 1. The van der Waals surface area contributed by atoms with Crippen molar-refractivity contribution in [3.05, 3.63) is 114 Å². The van der Waals surface area contributed by atoms with Crippen molar-refractivity contribution in [2.45, 2.75) is 33.2 Å². The van der Waals surface area contributed by atoms with Crippen LogP contribution in [0.15, 0.2) is 91.5 Å². The van der Waals surface area contributed by atoms with Gasteiger partial charge in [-0.2, -0.15) is 0 Å². The standard InChI is InChI=1S/C33H30N6O2/c1-3-23-16-25(18-27(17-23)41-26-10-7-14-35-20-26)36-33(40)39-15-12-30-29(21-39)31(28-11-5-4-8-22(28)2)38-32(37-30)24-9-6-13-34-19-24/h4-11,13-14,16-20H,3,12,15,21H2,1-2H3,(H,36,40). The number of benzene rings is 2.